The zero-order valence-corrected chi connectivity index (χ0v) is 12.3. The highest BCUT2D eigenvalue weighted by molar-refractivity contribution is 9.10. The molecule has 1 aromatic carbocycles. The summed E-state index contributed by atoms with van der Waals surface area (Å²) in [4.78, 5) is 2.17. The van der Waals surface area contributed by atoms with Gasteiger partial charge in [-0.25, -0.2) is 0 Å². The van der Waals surface area contributed by atoms with Crippen LogP contribution < -0.4 is 10.6 Å². The van der Waals surface area contributed by atoms with Gasteiger partial charge in [0.05, 0.1) is 12.7 Å². The monoisotopic (exact) mass is 300 g/mol. The van der Waals surface area contributed by atoms with Crippen molar-refractivity contribution < 1.29 is 4.74 Å². The van der Waals surface area contributed by atoms with Crippen LogP contribution >= 0.6 is 15.9 Å². The van der Waals surface area contributed by atoms with Crippen molar-refractivity contribution in [3.05, 3.63) is 28.2 Å². The van der Waals surface area contributed by atoms with E-state index >= 15 is 0 Å². The molecule has 1 aromatic rings. The van der Waals surface area contributed by atoms with Crippen molar-refractivity contribution in [1.82, 2.24) is 0 Å². The minimum atomic E-state index is 0.287. The molecule has 0 saturated carbocycles. The average Bonchev–Trinajstić information content (AvgIpc) is 2.28. The topological polar surface area (TPSA) is 38.5 Å². The number of rotatable bonds is 6. The Balaban J connectivity index is 2.57. The molecule has 0 bridgehead atoms. The maximum Gasteiger partial charge on any atom is 0.0644 e. The fourth-order valence-corrected chi connectivity index (χ4v) is 2.02. The molecular weight excluding hydrogens is 280 g/mol. The predicted octanol–water partition coefficient (Wildman–Crippen LogP) is 2.77. The summed E-state index contributed by atoms with van der Waals surface area (Å²) in [5.74, 6) is 0. The molecule has 0 saturated heterocycles. The van der Waals surface area contributed by atoms with E-state index < -0.39 is 0 Å². The van der Waals surface area contributed by atoms with Gasteiger partial charge in [0.2, 0.25) is 0 Å². The Morgan fingerprint density at radius 2 is 2.12 bits per heavy atom. The van der Waals surface area contributed by atoms with Gasteiger partial charge in [0.15, 0.2) is 0 Å². The van der Waals surface area contributed by atoms with E-state index in [-0.39, 0.29) is 6.10 Å². The van der Waals surface area contributed by atoms with Gasteiger partial charge in [-0.15, -0.1) is 0 Å². The molecule has 0 amide bonds. The molecule has 0 aliphatic carbocycles. The molecule has 2 N–H and O–H groups in total. The quantitative estimate of drug-likeness (QED) is 0.878. The Morgan fingerprint density at radius 1 is 1.41 bits per heavy atom. The van der Waals surface area contributed by atoms with Gasteiger partial charge in [0.1, 0.15) is 0 Å². The first-order valence-corrected chi connectivity index (χ1v) is 6.65. The van der Waals surface area contributed by atoms with Crippen LogP contribution in [0.2, 0.25) is 0 Å². The Bertz CT molecular complexity index is 355. The summed E-state index contributed by atoms with van der Waals surface area (Å²) in [6.07, 6.45) is 0.287. The second kappa shape index (κ2) is 6.99. The number of nitrogens with two attached hydrogens (primary N) is 1. The van der Waals surface area contributed by atoms with Crippen molar-refractivity contribution in [3.63, 3.8) is 0 Å². The van der Waals surface area contributed by atoms with Gasteiger partial charge in [-0.3, -0.25) is 0 Å². The molecule has 17 heavy (non-hydrogen) atoms. The lowest BCUT2D eigenvalue weighted by Crippen LogP contribution is -2.23. The number of nitrogens with zero attached hydrogens (tertiary/aromatic N) is 1. The number of hydrogen-bond acceptors (Lipinski definition) is 3. The number of halogens is 1. The van der Waals surface area contributed by atoms with Crippen LogP contribution in [0, 0.1) is 0 Å². The summed E-state index contributed by atoms with van der Waals surface area (Å²) in [6.45, 7) is 6.28. The number of benzene rings is 1. The van der Waals surface area contributed by atoms with Crippen molar-refractivity contribution in [2.75, 3.05) is 25.1 Å². The van der Waals surface area contributed by atoms with Gasteiger partial charge in [-0.2, -0.15) is 0 Å². The summed E-state index contributed by atoms with van der Waals surface area (Å²) in [6, 6.07) is 6.24. The molecule has 0 aliphatic heterocycles. The first kappa shape index (κ1) is 14.5. The highest BCUT2D eigenvalue weighted by Gasteiger charge is 2.04. The fourth-order valence-electron chi connectivity index (χ4n) is 1.49. The third-order valence-electron chi connectivity index (χ3n) is 2.58. The highest BCUT2D eigenvalue weighted by Crippen LogP contribution is 2.23. The minimum absolute atomic E-state index is 0.287. The lowest BCUT2D eigenvalue weighted by Gasteiger charge is -2.21. The highest BCUT2D eigenvalue weighted by atomic mass is 79.9. The maximum absolute atomic E-state index is 5.63. The van der Waals surface area contributed by atoms with Crippen molar-refractivity contribution in [1.29, 1.82) is 0 Å². The third-order valence-corrected chi connectivity index (χ3v) is 3.31. The van der Waals surface area contributed by atoms with Gasteiger partial charge in [0, 0.05) is 30.3 Å². The van der Waals surface area contributed by atoms with Crippen molar-refractivity contribution in [2.24, 2.45) is 5.73 Å². The zero-order chi connectivity index (χ0) is 12.8. The van der Waals surface area contributed by atoms with Gasteiger partial charge in [0.25, 0.3) is 0 Å². The third kappa shape index (κ3) is 4.66. The van der Waals surface area contributed by atoms with E-state index in [0.717, 1.165) is 23.2 Å². The molecule has 0 atom stereocenters. The van der Waals surface area contributed by atoms with Crippen LogP contribution in [0.1, 0.15) is 19.4 Å². The molecule has 0 aliphatic rings. The van der Waals surface area contributed by atoms with E-state index in [2.05, 4.69) is 46.1 Å². The van der Waals surface area contributed by atoms with E-state index in [4.69, 9.17) is 10.5 Å². The largest absolute Gasteiger partial charge is 0.377 e. The molecule has 0 spiro atoms. The normalized spacial score (nSPS) is 10.9. The Morgan fingerprint density at radius 3 is 2.65 bits per heavy atom. The molecule has 96 valence electrons. The number of likely N-dealkylation sites (N-methyl/N-ethyl adjacent to an activating group) is 1. The first-order valence-electron chi connectivity index (χ1n) is 5.85. The summed E-state index contributed by atoms with van der Waals surface area (Å²) in [5, 5.41) is 0. The lowest BCUT2D eigenvalue weighted by atomic mass is 10.2. The summed E-state index contributed by atoms with van der Waals surface area (Å²) >= 11 is 3.53. The molecule has 3 nitrogen and oxygen atoms in total. The van der Waals surface area contributed by atoms with E-state index in [1.165, 1.54) is 5.69 Å². The van der Waals surface area contributed by atoms with E-state index in [1.54, 1.807) is 0 Å². The molecular formula is C13H21BrN2O. The average molecular weight is 301 g/mol. The number of hydrogen-bond donors (Lipinski definition) is 1. The lowest BCUT2D eigenvalue weighted by molar-refractivity contribution is 0.0846. The number of anilines is 1. The Labute approximate surface area is 112 Å². The maximum atomic E-state index is 5.63. The van der Waals surface area contributed by atoms with Crippen LogP contribution in [0.3, 0.4) is 0 Å². The van der Waals surface area contributed by atoms with Gasteiger partial charge in [-0.05, 0) is 31.5 Å². The fraction of sp³-hybridized carbons (Fsp3) is 0.538. The van der Waals surface area contributed by atoms with Crippen LogP contribution in [-0.4, -0.2) is 26.3 Å². The summed E-state index contributed by atoms with van der Waals surface area (Å²) < 4.78 is 6.60. The van der Waals surface area contributed by atoms with Crippen LogP contribution in [-0.2, 0) is 11.3 Å². The molecule has 0 fully saturated rings. The van der Waals surface area contributed by atoms with Crippen LogP contribution in [0.15, 0.2) is 22.7 Å². The van der Waals surface area contributed by atoms with Crippen molar-refractivity contribution in [3.8, 4) is 0 Å². The number of ether oxygens (including phenoxy) is 1. The summed E-state index contributed by atoms with van der Waals surface area (Å²) in [5.41, 5.74) is 7.92. The minimum Gasteiger partial charge on any atom is -0.377 e. The summed E-state index contributed by atoms with van der Waals surface area (Å²) in [7, 11) is 2.06. The molecule has 1 rings (SSSR count). The molecule has 0 unspecified atom stereocenters. The van der Waals surface area contributed by atoms with Gasteiger partial charge < -0.3 is 15.4 Å². The standard InChI is InChI=1S/C13H21BrN2O/c1-10(2)17-7-6-16(3)12-5-4-11(9-15)13(14)8-12/h4-5,8,10H,6-7,9,15H2,1-3H3. The second-order valence-corrected chi connectivity index (χ2v) is 5.18. The Kier molecular flexibility index (Phi) is 5.95. The Hall–Kier alpha value is -0.580. The molecule has 4 heteroatoms. The second-order valence-electron chi connectivity index (χ2n) is 4.32. The van der Waals surface area contributed by atoms with Crippen molar-refractivity contribution >= 4 is 21.6 Å². The van der Waals surface area contributed by atoms with E-state index in [0.29, 0.717) is 6.54 Å². The molecule has 0 heterocycles. The first-order chi connectivity index (χ1) is 8.04. The van der Waals surface area contributed by atoms with Crippen LogP contribution in [0.25, 0.3) is 0 Å². The van der Waals surface area contributed by atoms with Gasteiger partial charge in [-0.1, -0.05) is 22.0 Å². The smallest absolute Gasteiger partial charge is 0.0644 e. The van der Waals surface area contributed by atoms with E-state index in [9.17, 15) is 0 Å². The van der Waals surface area contributed by atoms with Crippen LogP contribution in [0.4, 0.5) is 5.69 Å². The molecule has 0 aromatic heterocycles. The zero-order valence-electron chi connectivity index (χ0n) is 10.7. The molecule has 0 radical (unpaired) electrons. The van der Waals surface area contributed by atoms with Crippen LogP contribution in [0.5, 0.6) is 0 Å². The van der Waals surface area contributed by atoms with Crippen molar-refractivity contribution in [2.45, 2.75) is 26.5 Å². The SMILES string of the molecule is CC(C)OCCN(C)c1ccc(CN)c(Br)c1. The predicted molar refractivity (Wildman–Crippen MR) is 76.4 cm³/mol. The van der Waals surface area contributed by atoms with E-state index in [1.807, 2.05) is 13.8 Å². The van der Waals surface area contributed by atoms with Gasteiger partial charge >= 0.3 is 0 Å².